The van der Waals surface area contributed by atoms with Crippen molar-refractivity contribution in [3.63, 3.8) is 0 Å². The predicted octanol–water partition coefficient (Wildman–Crippen LogP) is 1.46. The molecule has 7 heteroatoms. The Morgan fingerprint density at radius 1 is 1.29 bits per heavy atom. The Balaban J connectivity index is 1.38. The number of aromatic nitrogens is 4. The van der Waals surface area contributed by atoms with Crippen molar-refractivity contribution in [3.8, 4) is 0 Å². The molecule has 0 radical (unpaired) electrons. The number of hydrogen-bond acceptors (Lipinski definition) is 5. The molecule has 2 N–H and O–H groups in total. The monoisotopic (exact) mass is 322 g/mol. The molecule has 1 aromatic carbocycles. The van der Waals surface area contributed by atoms with E-state index in [2.05, 4.69) is 37.4 Å². The first-order valence-corrected chi connectivity index (χ1v) is 7.92. The number of fused-ring (bicyclic) bond motifs is 1. The van der Waals surface area contributed by atoms with Crippen molar-refractivity contribution in [1.29, 1.82) is 0 Å². The Morgan fingerprint density at radius 2 is 2.12 bits per heavy atom. The van der Waals surface area contributed by atoms with E-state index < -0.39 is 0 Å². The Bertz CT molecular complexity index is 862. The third kappa shape index (κ3) is 2.80. The lowest BCUT2D eigenvalue weighted by Gasteiger charge is -2.17. The summed E-state index contributed by atoms with van der Waals surface area (Å²) in [5.41, 5.74) is 2.62. The van der Waals surface area contributed by atoms with Gasteiger partial charge in [-0.05, 0) is 12.0 Å². The molecule has 1 amide bonds. The molecule has 1 saturated carbocycles. The second-order valence-corrected chi connectivity index (χ2v) is 6.08. The molecule has 2 atom stereocenters. The molecule has 7 nitrogen and oxygen atoms in total. The molecule has 0 unspecified atom stereocenters. The molecule has 1 fully saturated rings. The quantitative estimate of drug-likeness (QED) is 0.743. The smallest absolute Gasteiger partial charge is 0.239 e. The van der Waals surface area contributed by atoms with Gasteiger partial charge in [0.25, 0.3) is 0 Å². The van der Waals surface area contributed by atoms with Crippen molar-refractivity contribution in [1.82, 2.24) is 25.3 Å². The first kappa shape index (κ1) is 14.6. The van der Waals surface area contributed by atoms with Gasteiger partial charge in [0.2, 0.25) is 5.91 Å². The van der Waals surface area contributed by atoms with Gasteiger partial charge in [0.15, 0.2) is 11.5 Å². The molecule has 0 aliphatic heterocycles. The van der Waals surface area contributed by atoms with E-state index in [9.17, 15) is 4.79 Å². The molecule has 0 bridgehead atoms. The molecule has 1 aliphatic rings. The number of anilines is 1. The molecular formula is C17H18N6O. The van der Waals surface area contributed by atoms with Gasteiger partial charge in [-0.2, -0.15) is 0 Å². The maximum Gasteiger partial charge on any atom is 0.239 e. The van der Waals surface area contributed by atoms with Gasteiger partial charge >= 0.3 is 0 Å². The van der Waals surface area contributed by atoms with Crippen molar-refractivity contribution < 1.29 is 4.79 Å². The van der Waals surface area contributed by atoms with Gasteiger partial charge < -0.3 is 15.2 Å². The highest BCUT2D eigenvalue weighted by Crippen LogP contribution is 2.40. The highest BCUT2D eigenvalue weighted by Gasteiger charge is 2.39. The van der Waals surface area contributed by atoms with Crippen LogP contribution in [-0.2, 0) is 4.79 Å². The zero-order valence-electron chi connectivity index (χ0n) is 13.3. The number of benzene rings is 1. The second kappa shape index (κ2) is 5.92. The highest BCUT2D eigenvalue weighted by molar-refractivity contribution is 5.87. The van der Waals surface area contributed by atoms with E-state index in [-0.39, 0.29) is 18.5 Å². The minimum absolute atomic E-state index is 0.00721. The number of rotatable bonds is 5. The van der Waals surface area contributed by atoms with Gasteiger partial charge in [0.05, 0.1) is 12.9 Å². The standard InChI is InChI=1S/C17H18N6O/c1-23(17-15-16(19-9-18-15)20-10-21-17)8-14(24)22-13-7-12(13)11-5-3-2-4-6-11/h2-6,9-10,12-13H,7-8H2,1H3,(H,22,24)(H,18,19,20,21)/t12-,13-/m0/s1. The van der Waals surface area contributed by atoms with Gasteiger partial charge in [0, 0.05) is 19.0 Å². The van der Waals surface area contributed by atoms with Crippen molar-refractivity contribution >= 4 is 22.9 Å². The van der Waals surface area contributed by atoms with Crippen molar-refractivity contribution in [2.45, 2.75) is 18.4 Å². The SMILES string of the molecule is CN(CC(=O)N[C@H]1C[C@H]1c1ccccc1)c1ncnc2nc[nH]c12. The first-order chi connectivity index (χ1) is 11.7. The van der Waals surface area contributed by atoms with Crippen LogP contribution in [0, 0.1) is 0 Å². The van der Waals surface area contributed by atoms with E-state index >= 15 is 0 Å². The molecule has 4 rings (SSSR count). The second-order valence-electron chi connectivity index (χ2n) is 6.08. The average Bonchev–Trinajstić information content (AvgIpc) is 3.18. The maximum atomic E-state index is 12.3. The summed E-state index contributed by atoms with van der Waals surface area (Å²) in [6, 6.07) is 10.5. The lowest BCUT2D eigenvalue weighted by Crippen LogP contribution is -2.37. The molecular weight excluding hydrogens is 304 g/mol. The third-order valence-corrected chi connectivity index (χ3v) is 4.31. The summed E-state index contributed by atoms with van der Waals surface area (Å²) in [4.78, 5) is 29.6. The molecule has 1 aliphatic carbocycles. The van der Waals surface area contributed by atoms with Crippen LogP contribution in [0.3, 0.4) is 0 Å². The van der Waals surface area contributed by atoms with Crippen LogP contribution in [-0.4, -0.2) is 45.5 Å². The number of H-pyrrole nitrogens is 1. The van der Waals surface area contributed by atoms with Crippen LogP contribution in [0.5, 0.6) is 0 Å². The molecule has 122 valence electrons. The molecule has 2 heterocycles. The van der Waals surface area contributed by atoms with Gasteiger partial charge in [-0.3, -0.25) is 4.79 Å². The third-order valence-electron chi connectivity index (χ3n) is 4.31. The zero-order chi connectivity index (χ0) is 16.5. The summed E-state index contributed by atoms with van der Waals surface area (Å²) >= 11 is 0. The minimum Gasteiger partial charge on any atom is -0.351 e. The summed E-state index contributed by atoms with van der Waals surface area (Å²) in [6.45, 7) is 0.239. The Kier molecular flexibility index (Phi) is 3.60. The number of carbonyl (C=O) groups is 1. The van der Waals surface area contributed by atoms with E-state index in [1.165, 1.54) is 11.9 Å². The van der Waals surface area contributed by atoms with Crippen molar-refractivity contribution in [2.75, 3.05) is 18.5 Å². The Hall–Kier alpha value is -2.96. The summed E-state index contributed by atoms with van der Waals surface area (Å²) in [5.74, 6) is 1.09. The molecule has 2 aromatic heterocycles. The van der Waals surface area contributed by atoms with Gasteiger partial charge in [-0.15, -0.1) is 0 Å². The Labute approximate surface area is 139 Å². The fourth-order valence-electron chi connectivity index (χ4n) is 3.01. The minimum atomic E-state index is -0.00721. The molecule has 3 aromatic rings. The zero-order valence-corrected chi connectivity index (χ0v) is 13.3. The van der Waals surface area contributed by atoms with Gasteiger partial charge in [0.1, 0.15) is 11.8 Å². The largest absolute Gasteiger partial charge is 0.351 e. The predicted molar refractivity (Wildman–Crippen MR) is 90.7 cm³/mol. The van der Waals surface area contributed by atoms with Crippen LogP contribution in [0.2, 0.25) is 0 Å². The van der Waals surface area contributed by atoms with Crippen molar-refractivity contribution in [3.05, 3.63) is 48.5 Å². The van der Waals surface area contributed by atoms with Gasteiger partial charge in [-0.25, -0.2) is 15.0 Å². The maximum absolute atomic E-state index is 12.3. The van der Waals surface area contributed by atoms with Gasteiger partial charge in [-0.1, -0.05) is 30.3 Å². The van der Waals surface area contributed by atoms with E-state index in [1.54, 1.807) is 11.2 Å². The lowest BCUT2D eigenvalue weighted by molar-refractivity contribution is -0.119. The van der Waals surface area contributed by atoms with E-state index in [4.69, 9.17) is 0 Å². The van der Waals surface area contributed by atoms with Crippen molar-refractivity contribution in [2.24, 2.45) is 0 Å². The van der Waals surface area contributed by atoms with Crippen LogP contribution >= 0.6 is 0 Å². The van der Waals surface area contributed by atoms with E-state index in [1.807, 2.05) is 25.2 Å². The van der Waals surface area contributed by atoms with Crippen LogP contribution in [0.15, 0.2) is 43.0 Å². The number of carbonyl (C=O) groups excluding carboxylic acids is 1. The number of amides is 1. The number of likely N-dealkylation sites (N-methyl/N-ethyl adjacent to an activating group) is 1. The summed E-state index contributed by atoms with van der Waals surface area (Å²) < 4.78 is 0. The summed E-state index contributed by atoms with van der Waals surface area (Å²) in [6.07, 6.45) is 4.03. The number of hydrogen-bond donors (Lipinski definition) is 2. The highest BCUT2D eigenvalue weighted by atomic mass is 16.2. The molecule has 0 saturated heterocycles. The summed E-state index contributed by atoms with van der Waals surface area (Å²) in [7, 11) is 1.84. The van der Waals surface area contributed by atoms with Crippen LogP contribution in [0.4, 0.5) is 5.82 Å². The lowest BCUT2D eigenvalue weighted by atomic mass is 10.1. The van der Waals surface area contributed by atoms with Crippen LogP contribution < -0.4 is 10.2 Å². The van der Waals surface area contributed by atoms with E-state index in [0.29, 0.717) is 17.4 Å². The summed E-state index contributed by atoms with van der Waals surface area (Å²) in [5, 5.41) is 3.10. The number of nitrogens with one attached hydrogen (secondary N) is 2. The van der Waals surface area contributed by atoms with Crippen LogP contribution in [0.25, 0.3) is 11.2 Å². The Morgan fingerprint density at radius 3 is 2.96 bits per heavy atom. The first-order valence-electron chi connectivity index (χ1n) is 7.92. The van der Waals surface area contributed by atoms with E-state index in [0.717, 1.165) is 11.9 Å². The number of imidazole rings is 1. The molecule has 0 spiro atoms. The van der Waals surface area contributed by atoms with Crippen LogP contribution in [0.1, 0.15) is 17.9 Å². The molecule has 24 heavy (non-hydrogen) atoms. The average molecular weight is 322 g/mol. The topological polar surface area (TPSA) is 86.8 Å². The fraction of sp³-hybridized carbons (Fsp3) is 0.294. The fourth-order valence-corrected chi connectivity index (χ4v) is 3.01. The number of nitrogens with zero attached hydrogens (tertiary/aromatic N) is 4. The normalized spacial score (nSPS) is 19.2. The number of aromatic amines is 1.